The Morgan fingerprint density at radius 2 is 2.15 bits per heavy atom. The van der Waals surface area contributed by atoms with E-state index in [2.05, 4.69) is 5.32 Å². The van der Waals surface area contributed by atoms with Gasteiger partial charge in [0.1, 0.15) is 5.54 Å². The van der Waals surface area contributed by atoms with Gasteiger partial charge in [0.15, 0.2) is 11.6 Å². The van der Waals surface area contributed by atoms with E-state index in [0.717, 1.165) is 0 Å². The first-order chi connectivity index (χ1) is 9.44. The Morgan fingerprint density at radius 1 is 1.45 bits per heavy atom. The van der Waals surface area contributed by atoms with Crippen molar-refractivity contribution in [1.82, 2.24) is 5.32 Å². The first-order valence-corrected chi connectivity index (χ1v) is 6.66. The third-order valence-electron chi connectivity index (χ3n) is 3.22. The average Bonchev–Trinajstić information content (AvgIpc) is 2.43. The molecule has 5 heteroatoms. The van der Waals surface area contributed by atoms with Crippen molar-refractivity contribution in [1.29, 1.82) is 0 Å². The number of nitrogens with one attached hydrogen (secondary N) is 1. The molecule has 20 heavy (non-hydrogen) atoms. The third-order valence-corrected chi connectivity index (χ3v) is 3.22. The molecular formula is C15H22FNO3. The SMILES string of the molecule is CCNC(C)(CCOc1cccc(C)c1F)C(=O)OC. The Kier molecular flexibility index (Phi) is 5.95. The maximum atomic E-state index is 13.8. The number of methoxy groups -OCH3 is 1. The molecule has 0 amide bonds. The highest BCUT2D eigenvalue weighted by Gasteiger charge is 2.33. The van der Waals surface area contributed by atoms with Crippen molar-refractivity contribution in [3.05, 3.63) is 29.6 Å². The molecule has 1 N–H and O–H groups in total. The molecule has 0 bridgehead atoms. The molecule has 0 radical (unpaired) electrons. The number of rotatable bonds is 7. The van der Waals surface area contributed by atoms with E-state index in [0.29, 0.717) is 18.5 Å². The molecule has 0 aromatic heterocycles. The van der Waals surface area contributed by atoms with Gasteiger partial charge in [-0.1, -0.05) is 19.1 Å². The summed E-state index contributed by atoms with van der Waals surface area (Å²) in [5.41, 5.74) is -0.297. The van der Waals surface area contributed by atoms with Crippen LogP contribution in [0.1, 0.15) is 25.8 Å². The minimum absolute atomic E-state index is 0.203. The van der Waals surface area contributed by atoms with Crippen molar-refractivity contribution in [3.8, 4) is 5.75 Å². The summed E-state index contributed by atoms with van der Waals surface area (Å²) in [6.45, 7) is 6.18. The summed E-state index contributed by atoms with van der Waals surface area (Å²) in [6.07, 6.45) is 0.390. The van der Waals surface area contributed by atoms with Gasteiger partial charge >= 0.3 is 5.97 Å². The molecule has 112 valence electrons. The lowest BCUT2D eigenvalue weighted by molar-refractivity contribution is -0.148. The molecule has 0 heterocycles. The Morgan fingerprint density at radius 3 is 2.75 bits per heavy atom. The highest BCUT2D eigenvalue weighted by Crippen LogP contribution is 2.21. The fourth-order valence-corrected chi connectivity index (χ4v) is 1.98. The number of benzene rings is 1. The predicted octanol–water partition coefficient (Wildman–Crippen LogP) is 2.44. The van der Waals surface area contributed by atoms with Crippen LogP contribution in [0.15, 0.2) is 18.2 Å². The van der Waals surface area contributed by atoms with Crippen molar-refractivity contribution in [2.75, 3.05) is 20.3 Å². The summed E-state index contributed by atoms with van der Waals surface area (Å²) in [5, 5.41) is 3.07. The number of hydrogen-bond acceptors (Lipinski definition) is 4. The van der Waals surface area contributed by atoms with Crippen LogP contribution in [0.5, 0.6) is 5.75 Å². The lowest BCUT2D eigenvalue weighted by Crippen LogP contribution is -2.51. The standard InChI is InChI=1S/C15H22FNO3/c1-5-17-15(3,14(18)19-4)9-10-20-12-8-6-7-11(2)13(12)16/h6-8,17H,5,9-10H2,1-4H3. The van der Waals surface area contributed by atoms with Crippen molar-refractivity contribution >= 4 is 5.97 Å². The maximum Gasteiger partial charge on any atom is 0.325 e. The fraction of sp³-hybridized carbons (Fsp3) is 0.533. The second-order valence-corrected chi connectivity index (χ2v) is 4.84. The summed E-state index contributed by atoms with van der Waals surface area (Å²) in [5.74, 6) is -0.517. The zero-order valence-electron chi connectivity index (χ0n) is 12.5. The minimum Gasteiger partial charge on any atom is -0.490 e. The van der Waals surface area contributed by atoms with E-state index in [4.69, 9.17) is 9.47 Å². The Balaban J connectivity index is 2.65. The fourth-order valence-electron chi connectivity index (χ4n) is 1.98. The molecule has 0 saturated carbocycles. The molecule has 0 saturated heterocycles. The van der Waals surface area contributed by atoms with E-state index in [1.165, 1.54) is 7.11 Å². The van der Waals surface area contributed by atoms with Gasteiger partial charge in [0.2, 0.25) is 0 Å². The van der Waals surface area contributed by atoms with E-state index in [1.807, 2.05) is 6.92 Å². The van der Waals surface area contributed by atoms with Crippen molar-refractivity contribution in [2.45, 2.75) is 32.7 Å². The van der Waals surface area contributed by atoms with Crippen LogP contribution in [-0.4, -0.2) is 31.8 Å². The summed E-state index contributed by atoms with van der Waals surface area (Å²) in [4.78, 5) is 11.8. The molecule has 1 unspecified atom stereocenters. The van der Waals surface area contributed by atoms with E-state index in [9.17, 15) is 9.18 Å². The maximum absolute atomic E-state index is 13.8. The number of hydrogen-bond donors (Lipinski definition) is 1. The summed E-state index contributed by atoms with van der Waals surface area (Å²) >= 11 is 0. The van der Waals surface area contributed by atoms with Crippen molar-refractivity contribution < 1.29 is 18.7 Å². The summed E-state index contributed by atoms with van der Waals surface area (Å²) in [6, 6.07) is 4.99. The summed E-state index contributed by atoms with van der Waals surface area (Å²) < 4.78 is 24.0. The minimum atomic E-state index is -0.830. The number of carbonyl (C=O) groups excluding carboxylic acids is 1. The van der Waals surface area contributed by atoms with Crippen molar-refractivity contribution in [2.24, 2.45) is 0 Å². The lowest BCUT2D eigenvalue weighted by Gasteiger charge is -2.27. The van der Waals surface area contributed by atoms with Gasteiger partial charge in [-0.2, -0.15) is 0 Å². The van der Waals surface area contributed by atoms with Gasteiger partial charge in [0.25, 0.3) is 0 Å². The number of likely N-dealkylation sites (N-methyl/N-ethyl adjacent to an activating group) is 1. The number of esters is 1. The number of ether oxygens (including phenoxy) is 2. The van der Waals surface area contributed by atoms with Crippen LogP contribution < -0.4 is 10.1 Å². The molecule has 1 rings (SSSR count). The monoisotopic (exact) mass is 283 g/mol. The number of halogens is 1. The third kappa shape index (κ3) is 3.93. The molecular weight excluding hydrogens is 261 g/mol. The van der Waals surface area contributed by atoms with Gasteiger partial charge < -0.3 is 14.8 Å². The van der Waals surface area contributed by atoms with E-state index >= 15 is 0 Å². The van der Waals surface area contributed by atoms with Crippen LogP contribution in [0.4, 0.5) is 4.39 Å². The highest BCUT2D eigenvalue weighted by molar-refractivity contribution is 5.80. The van der Waals surface area contributed by atoms with Crippen LogP contribution in [0.2, 0.25) is 0 Å². The molecule has 1 atom stereocenters. The second-order valence-electron chi connectivity index (χ2n) is 4.84. The smallest absolute Gasteiger partial charge is 0.325 e. The molecule has 0 aliphatic carbocycles. The van der Waals surface area contributed by atoms with Gasteiger partial charge in [-0.05, 0) is 32.0 Å². The van der Waals surface area contributed by atoms with Crippen molar-refractivity contribution in [3.63, 3.8) is 0 Å². The zero-order valence-corrected chi connectivity index (χ0v) is 12.5. The molecule has 0 fully saturated rings. The number of carbonyl (C=O) groups is 1. The zero-order chi connectivity index (χ0) is 15.2. The van der Waals surface area contributed by atoms with Crippen LogP contribution in [0.3, 0.4) is 0 Å². The average molecular weight is 283 g/mol. The Hall–Kier alpha value is -1.62. The van der Waals surface area contributed by atoms with Gasteiger partial charge in [-0.25, -0.2) is 4.39 Å². The highest BCUT2D eigenvalue weighted by atomic mass is 19.1. The van der Waals surface area contributed by atoms with E-state index in [1.54, 1.807) is 32.0 Å². The second kappa shape index (κ2) is 7.24. The lowest BCUT2D eigenvalue weighted by atomic mass is 9.98. The van der Waals surface area contributed by atoms with E-state index in [-0.39, 0.29) is 24.1 Å². The van der Waals surface area contributed by atoms with Crippen LogP contribution >= 0.6 is 0 Å². The number of aryl methyl sites for hydroxylation is 1. The van der Waals surface area contributed by atoms with Gasteiger partial charge in [0.05, 0.1) is 13.7 Å². The van der Waals surface area contributed by atoms with Crippen LogP contribution in [0.25, 0.3) is 0 Å². The molecule has 0 aliphatic rings. The first kappa shape index (κ1) is 16.4. The molecule has 4 nitrogen and oxygen atoms in total. The summed E-state index contributed by atoms with van der Waals surface area (Å²) in [7, 11) is 1.35. The van der Waals surface area contributed by atoms with E-state index < -0.39 is 5.54 Å². The van der Waals surface area contributed by atoms with Gasteiger partial charge in [0, 0.05) is 6.42 Å². The molecule has 0 spiro atoms. The van der Waals surface area contributed by atoms with Gasteiger partial charge in [-0.3, -0.25) is 4.79 Å². The molecule has 1 aromatic carbocycles. The predicted molar refractivity (Wildman–Crippen MR) is 75.3 cm³/mol. The van der Waals surface area contributed by atoms with Crippen LogP contribution in [-0.2, 0) is 9.53 Å². The largest absolute Gasteiger partial charge is 0.490 e. The van der Waals surface area contributed by atoms with Gasteiger partial charge in [-0.15, -0.1) is 0 Å². The Labute approximate surface area is 119 Å². The normalized spacial score (nSPS) is 13.7. The topological polar surface area (TPSA) is 47.6 Å². The molecule has 1 aromatic rings. The first-order valence-electron chi connectivity index (χ1n) is 6.66. The molecule has 0 aliphatic heterocycles. The Bertz CT molecular complexity index is 464. The van der Waals surface area contributed by atoms with Crippen LogP contribution in [0, 0.1) is 12.7 Å². The quantitative estimate of drug-likeness (QED) is 0.781.